The Morgan fingerprint density at radius 3 is 2.85 bits per heavy atom. The molecule has 1 N–H and O–H groups in total. The lowest BCUT2D eigenvalue weighted by atomic mass is 9.99. The quantitative estimate of drug-likeness (QED) is 0.577. The number of hydrogen-bond donors (Lipinski definition) is 1. The summed E-state index contributed by atoms with van der Waals surface area (Å²) in [4.78, 5) is 6.91. The van der Waals surface area contributed by atoms with Crippen molar-refractivity contribution in [1.82, 2.24) is 19.8 Å². The number of nitrogens with one attached hydrogen (secondary N) is 1. The molecule has 1 saturated heterocycles. The maximum atomic E-state index is 5.70. The third-order valence-electron chi connectivity index (χ3n) is 5.77. The van der Waals surface area contributed by atoms with E-state index in [0.717, 1.165) is 30.4 Å². The fourth-order valence-corrected chi connectivity index (χ4v) is 4.76. The van der Waals surface area contributed by atoms with Crippen molar-refractivity contribution in [3.8, 4) is 0 Å². The molecular formula is C21H28N4OS. The molecule has 2 fully saturated rings. The zero-order chi connectivity index (χ0) is 18.6. The summed E-state index contributed by atoms with van der Waals surface area (Å²) in [6, 6.07) is 9.22. The van der Waals surface area contributed by atoms with Crippen LogP contribution in [0.3, 0.4) is 0 Å². The highest BCUT2D eigenvalue weighted by Crippen LogP contribution is 2.40. The fraction of sp³-hybridized carbons (Fsp3) is 0.524. The van der Waals surface area contributed by atoms with E-state index in [0.29, 0.717) is 6.04 Å². The Bertz CT molecular complexity index is 757. The highest BCUT2D eigenvalue weighted by Gasteiger charge is 2.39. The second-order valence-electron chi connectivity index (χ2n) is 7.50. The summed E-state index contributed by atoms with van der Waals surface area (Å²) in [6.07, 6.45) is 12.6. The van der Waals surface area contributed by atoms with Crippen molar-refractivity contribution in [2.45, 2.75) is 50.2 Å². The first-order valence-electron chi connectivity index (χ1n) is 9.92. The zero-order valence-electron chi connectivity index (χ0n) is 15.9. The molecule has 1 saturated carbocycles. The summed E-state index contributed by atoms with van der Waals surface area (Å²) < 4.78 is 7.66. The molecule has 0 amide bonds. The molecule has 0 radical (unpaired) electrons. The molecule has 0 aromatic carbocycles. The van der Waals surface area contributed by atoms with Crippen LogP contribution in [-0.2, 0) is 4.74 Å². The lowest BCUT2D eigenvalue weighted by molar-refractivity contribution is 0.180. The highest BCUT2D eigenvalue weighted by atomic mass is 32.1. The number of hydrogen-bond acceptors (Lipinski definition) is 3. The molecule has 6 heteroatoms. The van der Waals surface area contributed by atoms with Crippen molar-refractivity contribution in [3.63, 3.8) is 0 Å². The molecule has 144 valence electrons. The van der Waals surface area contributed by atoms with E-state index in [1.807, 2.05) is 18.3 Å². The van der Waals surface area contributed by atoms with Gasteiger partial charge in [-0.3, -0.25) is 4.98 Å². The first-order valence-corrected chi connectivity index (χ1v) is 10.3. The highest BCUT2D eigenvalue weighted by molar-refractivity contribution is 7.80. The van der Waals surface area contributed by atoms with Crippen molar-refractivity contribution in [2.24, 2.45) is 0 Å². The van der Waals surface area contributed by atoms with Crippen molar-refractivity contribution in [1.29, 1.82) is 0 Å². The molecule has 0 bridgehead atoms. The van der Waals surface area contributed by atoms with E-state index in [1.54, 1.807) is 7.11 Å². The summed E-state index contributed by atoms with van der Waals surface area (Å²) in [6.45, 7) is 1.62. The van der Waals surface area contributed by atoms with Crippen LogP contribution >= 0.6 is 12.2 Å². The molecule has 2 atom stereocenters. The number of rotatable bonds is 7. The van der Waals surface area contributed by atoms with E-state index in [4.69, 9.17) is 17.0 Å². The summed E-state index contributed by atoms with van der Waals surface area (Å²) in [7, 11) is 1.75. The summed E-state index contributed by atoms with van der Waals surface area (Å²) in [5.41, 5.74) is 2.34. The third kappa shape index (κ3) is 3.87. The maximum absolute atomic E-state index is 5.70. The average molecular weight is 385 g/mol. The second kappa shape index (κ2) is 8.40. The minimum absolute atomic E-state index is 0.0701. The van der Waals surface area contributed by atoms with Gasteiger partial charge in [0.2, 0.25) is 0 Å². The molecule has 2 aromatic heterocycles. The molecule has 1 aliphatic heterocycles. The summed E-state index contributed by atoms with van der Waals surface area (Å²) in [5, 5.41) is 4.33. The van der Waals surface area contributed by atoms with Gasteiger partial charge in [0.25, 0.3) is 0 Å². The van der Waals surface area contributed by atoms with Crippen LogP contribution in [-0.4, -0.2) is 39.8 Å². The van der Waals surface area contributed by atoms with Crippen molar-refractivity contribution < 1.29 is 4.74 Å². The van der Waals surface area contributed by atoms with Gasteiger partial charge >= 0.3 is 0 Å². The number of thiocarbonyl (C=S) groups is 1. The van der Waals surface area contributed by atoms with Gasteiger partial charge in [-0.15, -0.1) is 0 Å². The largest absolute Gasteiger partial charge is 0.385 e. The Morgan fingerprint density at radius 1 is 1.26 bits per heavy atom. The predicted molar refractivity (Wildman–Crippen MR) is 111 cm³/mol. The lowest BCUT2D eigenvalue weighted by Gasteiger charge is -2.27. The smallest absolute Gasteiger partial charge is 0.170 e. The molecule has 0 unspecified atom stereocenters. The predicted octanol–water partition coefficient (Wildman–Crippen LogP) is 4.01. The number of aromatic nitrogens is 2. The van der Waals surface area contributed by atoms with Crippen molar-refractivity contribution in [3.05, 3.63) is 54.1 Å². The van der Waals surface area contributed by atoms with Gasteiger partial charge in [-0.1, -0.05) is 18.9 Å². The molecule has 5 nitrogen and oxygen atoms in total. The van der Waals surface area contributed by atoms with Gasteiger partial charge in [-0.25, -0.2) is 0 Å². The number of pyridine rings is 1. The first kappa shape index (κ1) is 18.4. The van der Waals surface area contributed by atoms with Crippen LogP contribution in [0.25, 0.3) is 0 Å². The van der Waals surface area contributed by atoms with Crippen LogP contribution < -0.4 is 5.32 Å². The molecule has 2 aliphatic rings. The number of nitrogens with zero attached hydrogens (tertiary/aromatic N) is 3. The van der Waals surface area contributed by atoms with E-state index in [-0.39, 0.29) is 12.1 Å². The van der Waals surface area contributed by atoms with Crippen LogP contribution in [0.1, 0.15) is 61.5 Å². The standard InChI is InChI=1S/C21H28N4OS/c1-26-14-6-12-25-20(16-10-13-24(15-16)17-7-2-3-8-17)19(23-21(25)27)18-9-4-5-11-22-18/h4-5,9-11,13,15,17,19-20H,2-3,6-8,12,14H2,1H3,(H,23,27)/t19-,20-/m0/s1. The van der Waals surface area contributed by atoms with E-state index in [9.17, 15) is 0 Å². The van der Waals surface area contributed by atoms with E-state index >= 15 is 0 Å². The van der Waals surface area contributed by atoms with Crippen LogP contribution in [0, 0.1) is 0 Å². The van der Waals surface area contributed by atoms with E-state index < -0.39 is 0 Å². The van der Waals surface area contributed by atoms with Gasteiger partial charge in [-0.05, 0) is 55.2 Å². The van der Waals surface area contributed by atoms with E-state index in [1.165, 1.54) is 31.2 Å². The summed E-state index contributed by atoms with van der Waals surface area (Å²) in [5.74, 6) is 0. The topological polar surface area (TPSA) is 42.3 Å². The molecule has 27 heavy (non-hydrogen) atoms. The monoisotopic (exact) mass is 384 g/mol. The van der Waals surface area contributed by atoms with Gasteiger partial charge in [0.05, 0.1) is 17.8 Å². The van der Waals surface area contributed by atoms with E-state index in [2.05, 4.69) is 44.3 Å². The van der Waals surface area contributed by atoms with Gasteiger partial charge in [0.15, 0.2) is 5.11 Å². The zero-order valence-corrected chi connectivity index (χ0v) is 16.7. The minimum atomic E-state index is 0.0701. The SMILES string of the molecule is COCCCN1C(=S)N[C@@H](c2ccccn2)[C@@H]1c1ccn(C2CCCC2)c1. The Morgan fingerprint density at radius 2 is 2.11 bits per heavy atom. The van der Waals surface area contributed by atoms with Gasteiger partial charge in [0, 0.05) is 44.9 Å². The Hall–Kier alpha value is -1.92. The van der Waals surface area contributed by atoms with Crippen LogP contribution in [0.5, 0.6) is 0 Å². The van der Waals surface area contributed by atoms with Gasteiger partial charge in [-0.2, -0.15) is 0 Å². The van der Waals surface area contributed by atoms with Crippen molar-refractivity contribution >= 4 is 17.3 Å². The molecular weight excluding hydrogens is 356 g/mol. The molecule has 3 heterocycles. The van der Waals surface area contributed by atoms with Crippen molar-refractivity contribution in [2.75, 3.05) is 20.3 Å². The normalized spacial score (nSPS) is 23.1. The molecule has 1 aliphatic carbocycles. The molecule has 4 rings (SSSR count). The average Bonchev–Trinajstić information content (AvgIpc) is 3.42. The Balaban J connectivity index is 1.63. The van der Waals surface area contributed by atoms with Gasteiger partial charge in [0.1, 0.15) is 0 Å². The lowest BCUT2D eigenvalue weighted by Crippen LogP contribution is -2.31. The molecule has 2 aromatic rings. The fourth-order valence-electron chi connectivity index (χ4n) is 4.42. The Kier molecular flexibility index (Phi) is 5.74. The van der Waals surface area contributed by atoms with Gasteiger partial charge < -0.3 is 19.5 Å². The second-order valence-corrected chi connectivity index (χ2v) is 7.88. The summed E-state index contributed by atoms with van der Waals surface area (Å²) >= 11 is 5.70. The number of ether oxygens (including phenoxy) is 1. The minimum Gasteiger partial charge on any atom is -0.385 e. The van der Waals surface area contributed by atoms with Crippen LogP contribution in [0.15, 0.2) is 42.9 Å². The maximum Gasteiger partial charge on any atom is 0.170 e. The van der Waals surface area contributed by atoms with Crippen LogP contribution in [0.4, 0.5) is 0 Å². The molecule has 0 spiro atoms. The number of methoxy groups -OCH3 is 1. The Labute approximate surface area is 166 Å². The first-order chi connectivity index (χ1) is 13.3. The van der Waals surface area contributed by atoms with Crippen LogP contribution in [0.2, 0.25) is 0 Å². The third-order valence-corrected chi connectivity index (χ3v) is 6.12.